The van der Waals surface area contributed by atoms with Crippen molar-refractivity contribution in [3.63, 3.8) is 0 Å². The van der Waals surface area contributed by atoms with Crippen molar-refractivity contribution in [2.45, 2.75) is 6.04 Å². The maximum Gasteiger partial charge on any atom is 0.0560 e. The average molecular weight is 278 g/mol. The third-order valence-corrected chi connectivity index (χ3v) is 4.49. The van der Waals surface area contributed by atoms with Crippen LogP contribution in [0.15, 0.2) is 59.3 Å². The van der Waals surface area contributed by atoms with E-state index in [1.54, 1.807) is 11.3 Å². The van der Waals surface area contributed by atoms with Crippen LogP contribution < -0.4 is 5.73 Å². The quantitative estimate of drug-likeness (QED) is 0.559. The molecule has 0 spiro atoms. The van der Waals surface area contributed by atoms with Crippen LogP contribution >= 0.6 is 11.3 Å². The van der Waals surface area contributed by atoms with E-state index in [2.05, 4.69) is 64.3 Å². The van der Waals surface area contributed by atoms with Gasteiger partial charge in [-0.1, -0.05) is 24.3 Å². The number of benzene rings is 2. The van der Waals surface area contributed by atoms with E-state index >= 15 is 0 Å². The highest BCUT2D eigenvalue weighted by Gasteiger charge is 2.11. The molecule has 2 heterocycles. The Labute approximate surface area is 120 Å². The van der Waals surface area contributed by atoms with Crippen molar-refractivity contribution in [3.05, 3.63) is 70.4 Å². The van der Waals surface area contributed by atoms with Crippen LogP contribution in [-0.2, 0) is 0 Å². The van der Waals surface area contributed by atoms with E-state index in [0.29, 0.717) is 0 Å². The molecule has 20 heavy (non-hydrogen) atoms. The van der Waals surface area contributed by atoms with Gasteiger partial charge < -0.3 is 10.7 Å². The molecule has 0 aliphatic heterocycles. The van der Waals surface area contributed by atoms with Gasteiger partial charge in [-0.3, -0.25) is 0 Å². The Balaban J connectivity index is 1.91. The minimum atomic E-state index is -0.0562. The van der Waals surface area contributed by atoms with Gasteiger partial charge in [0, 0.05) is 21.8 Å². The van der Waals surface area contributed by atoms with E-state index in [0.717, 1.165) is 11.1 Å². The third-order valence-electron chi connectivity index (χ3n) is 3.79. The van der Waals surface area contributed by atoms with Crippen molar-refractivity contribution in [2.24, 2.45) is 5.73 Å². The Morgan fingerprint density at radius 1 is 0.900 bits per heavy atom. The average Bonchev–Trinajstić information content (AvgIpc) is 3.13. The zero-order valence-electron chi connectivity index (χ0n) is 10.8. The van der Waals surface area contributed by atoms with Gasteiger partial charge in [0.05, 0.1) is 6.04 Å². The van der Waals surface area contributed by atoms with Gasteiger partial charge >= 0.3 is 0 Å². The molecule has 2 aromatic heterocycles. The fourth-order valence-electron chi connectivity index (χ4n) is 2.70. The predicted octanol–water partition coefficient (Wildman–Crippen LogP) is 4.43. The smallest absolute Gasteiger partial charge is 0.0560 e. The molecule has 4 aromatic rings. The highest BCUT2D eigenvalue weighted by atomic mass is 32.1. The Morgan fingerprint density at radius 3 is 2.60 bits per heavy atom. The summed E-state index contributed by atoms with van der Waals surface area (Å²) < 4.78 is 0. The molecule has 0 saturated heterocycles. The first-order valence-corrected chi connectivity index (χ1v) is 7.55. The third kappa shape index (κ3) is 1.75. The summed E-state index contributed by atoms with van der Waals surface area (Å²) in [5.74, 6) is 0. The van der Waals surface area contributed by atoms with Crippen molar-refractivity contribution in [1.29, 1.82) is 0 Å². The van der Waals surface area contributed by atoms with Gasteiger partial charge in [0.1, 0.15) is 0 Å². The first-order chi connectivity index (χ1) is 9.83. The van der Waals surface area contributed by atoms with Gasteiger partial charge in [0.15, 0.2) is 0 Å². The molecular weight excluding hydrogens is 264 g/mol. The van der Waals surface area contributed by atoms with Crippen LogP contribution in [0.1, 0.15) is 17.2 Å². The van der Waals surface area contributed by atoms with Crippen LogP contribution in [0.2, 0.25) is 0 Å². The Morgan fingerprint density at radius 2 is 1.75 bits per heavy atom. The number of aromatic amines is 1. The minimum absolute atomic E-state index is 0.0562. The van der Waals surface area contributed by atoms with Crippen LogP contribution in [0.4, 0.5) is 0 Å². The highest BCUT2D eigenvalue weighted by Crippen LogP contribution is 2.29. The second kappa shape index (κ2) is 4.47. The summed E-state index contributed by atoms with van der Waals surface area (Å²) in [4.78, 5) is 3.44. The highest BCUT2D eigenvalue weighted by molar-refractivity contribution is 7.08. The monoisotopic (exact) mass is 278 g/mol. The molecule has 3 N–H and O–H groups in total. The van der Waals surface area contributed by atoms with E-state index < -0.39 is 0 Å². The summed E-state index contributed by atoms with van der Waals surface area (Å²) in [7, 11) is 0. The molecule has 2 nitrogen and oxygen atoms in total. The normalized spacial score (nSPS) is 13.1. The molecule has 0 fully saturated rings. The summed E-state index contributed by atoms with van der Waals surface area (Å²) in [6.45, 7) is 0. The fourth-order valence-corrected chi connectivity index (χ4v) is 3.40. The molecule has 0 saturated carbocycles. The van der Waals surface area contributed by atoms with Gasteiger partial charge in [-0.25, -0.2) is 0 Å². The van der Waals surface area contributed by atoms with Crippen molar-refractivity contribution < 1.29 is 0 Å². The fraction of sp³-hybridized carbons (Fsp3) is 0.0588. The van der Waals surface area contributed by atoms with Gasteiger partial charge in [-0.15, -0.1) is 0 Å². The van der Waals surface area contributed by atoms with Gasteiger partial charge in [0.25, 0.3) is 0 Å². The molecule has 2 aromatic carbocycles. The molecular formula is C17H14N2S. The first kappa shape index (κ1) is 11.7. The molecule has 1 unspecified atom stereocenters. The molecule has 0 aliphatic rings. The van der Waals surface area contributed by atoms with E-state index in [-0.39, 0.29) is 6.04 Å². The van der Waals surface area contributed by atoms with Gasteiger partial charge in [0.2, 0.25) is 0 Å². The number of hydrogen-bond donors (Lipinski definition) is 2. The molecule has 0 aliphatic carbocycles. The maximum atomic E-state index is 6.36. The van der Waals surface area contributed by atoms with Crippen molar-refractivity contribution in [1.82, 2.24) is 4.98 Å². The number of fused-ring (bicyclic) bond motifs is 3. The number of rotatable bonds is 2. The lowest BCUT2D eigenvalue weighted by molar-refractivity contribution is 0.879. The number of hydrogen-bond acceptors (Lipinski definition) is 2. The van der Waals surface area contributed by atoms with Crippen LogP contribution in [0.5, 0.6) is 0 Å². The van der Waals surface area contributed by atoms with Crippen LogP contribution in [0, 0.1) is 0 Å². The maximum absolute atomic E-state index is 6.36. The van der Waals surface area contributed by atoms with Crippen LogP contribution in [-0.4, -0.2) is 4.98 Å². The number of nitrogens with two attached hydrogens (primary N) is 1. The first-order valence-electron chi connectivity index (χ1n) is 6.61. The number of aromatic nitrogens is 1. The van der Waals surface area contributed by atoms with Crippen LogP contribution in [0.25, 0.3) is 21.8 Å². The van der Waals surface area contributed by atoms with Gasteiger partial charge in [-0.05, 0) is 46.2 Å². The number of para-hydroxylation sites is 1. The second-order valence-electron chi connectivity index (χ2n) is 5.01. The summed E-state index contributed by atoms with van der Waals surface area (Å²) >= 11 is 1.68. The summed E-state index contributed by atoms with van der Waals surface area (Å²) in [5.41, 5.74) is 11.0. The molecule has 0 bridgehead atoms. The van der Waals surface area contributed by atoms with Crippen molar-refractivity contribution in [3.8, 4) is 0 Å². The SMILES string of the molecule is NC(c1ccsc1)c1ccc2[nH]c3ccccc3c2c1. The molecule has 0 radical (unpaired) electrons. The molecule has 98 valence electrons. The van der Waals surface area contributed by atoms with Crippen molar-refractivity contribution >= 4 is 33.1 Å². The zero-order chi connectivity index (χ0) is 13.5. The lowest BCUT2D eigenvalue weighted by atomic mass is 10.00. The minimum Gasteiger partial charge on any atom is -0.355 e. The van der Waals surface area contributed by atoms with E-state index in [1.807, 2.05) is 0 Å². The lowest BCUT2D eigenvalue weighted by Crippen LogP contribution is -2.10. The van der Waals surface area contributed by atoms with Crippen LogP contribution in [0.3, 0.4) is 0 Å². The largest absolute Gasteiger partial charge is 0.355 e. The number of thiophene rings is 1. The molecule has 4 rings (SSSR count). The topological polar surface area (TPSA) is 41.8 Å². The Kier molecular flexibility index (Phi) is 2.62. The molecule has 3 heteroatoms. The van der Waals surface area contributed by atoms with E-state index in [4.69, 9.17) is 5.73 Å². The Bertz CT molecular complexity index is 874. The zero-order valence-corrected chi connectivity index (χ0v) is 11.7. The summed E-state index contributed by atoms with van der Waals surface area (Å²) in [6.07, 6.45) is 0. The second-order valence-corrected chi connectivity index (χ2v) is 5.79. The van der Waals surface area contributed by atoms with E-state index in [9.17, 15) is 0 Å². The number of nitrogens with one attached hydrogen (secondary N) is 1. The lowest BCUT2D eigenvalue weighted by Gasteiger charge is -2.10. The standard InChI is InChI=1S/C17H14N2S/c18-17(12-7-8-20-10-12)11-5-6-16-14(9-11)13-3-1-2-4-15(13)19-16/h1-10,17,19H,18H2. The molecule has 1 atom stereocenters. The van der Waals surface area contributed by atoms with Crippen molar-refractivity contribution in [2.75, 3.05) is 0 Å². The summed E-state index contributed by atoms with van der Waals surface area (Å²) in [5, 5.41) is 6.68. The Hall–Kier alpha value is -2.10. The van der Waals surface area contributed by atoms with E-state index in [1.165, 1.54) is 21.9 Å². The summed E-state index contributed by atoms with van der Waals surface area (Å²) in [6, 6.07) is 16.8. The van der Waals surface area contributed by atoms with Gasteiger partial charge in [-0.2, -0.15) is 11.3 Å². The predicted molar refractivity (Wildman–Crippen MR) is 86.2 cm³/mol. The molecule has 0 amide bonds. The number of H-pyrrole nitrogens is 1.